The second-order valence-corrected chi connectivity index (χ2v) is 11.4. The molecule has 1 N–H and O–H groups in total. The Bertz CT molecular complexity index is 1230. The molecule has 0 saturated heterocycles. The van der Waals surface area contributed by atoms with E-state index in [-0.39, 0.29) is 71.6 Å². The van der Waals surface area contributed by atoms with Crippen LogP contribution in [0.1, 0.15) is 87.3 Å². The van der Waals surface area contributed by atoms with Crippen LogP contribution in [-0.2, 0) is 9.59 Å². The van der Waals surface area contributed by atoms with Gasteiger partial charge in [-0.3, -0.25) is 14.6 Å². The van der Waals surface area contributed by atoms with E-state index < -0.39 is 11.6 Å². The molecule has 0 aromatic heterocycles. The zero-order valence-corrected chi connectivity index (χ0v) is 25.4. The van der Waals surface area contributed by atoms with Crippen LogP contribution < -0.4 is 40.0 Å². The maximum Gasteiger partial charge on any atom is 1.00 e. The molecule has 1 saturated carbocycles. The standard InChI is InChI=1S/C30H36FN3O4.Na/c1-19(20-5-7-22(8-6-20)27(37)32-18-15-25(35)36)34-28(38)26(21-9-11-24(31)12-10-21)33-30(34)16-13-23(14-17-30)29(2,3)4;/h5-12,19,23H,13-18H2,1-4H3,(H,32,37)(H,35,36);/q;+1/p-1/t19-,23?,30?;/m1./s1. The number of carboxylic acid groups (broad SMARTS) is 1. The van der Waals surface area contributed by atoms with Crippen LogP contribution >= 0.6 is 0 Å². The average molecular weight is 544 g/mol. The third-order valence-corrected chi connectivity index (χ3v) is 7.98. The molecule has 2 aromatic carbocycles. The van der Waals surface area contributed by atoms with Gasteiger partial charge in [0.1, 0.15) is 17.2 Å². The quantitative estimate of drug-likeness (QED) is 0.527. The zero-order valence-electron chi connectivity index (χ0n) is 23.4. The smallest absolute Gasteiger partial charge is 0.550 e. The first kappa shape index (κ1) is 31.0. The Hall–Kier alpha value is -2.55. The molecule has 4 rings (SSSR count). The molecule has 1 fully saturated rings. The number of aliphatic imine (C=N–C) groups is 1. The fourth-order valence-corrected chi connectivity index (χ4v) is 5.69. The molecule has 1 heterocycles. The number of rotatable bonds is 7. The molecule has 1 atom stereocenters. The van der Waals surface area contributed by atoms with Gasteiger partial charge in [-0.05, 0) is 85.9 Å². The molecular formula is C30H35FN3NaO4. The van der Waals surface area contributed by atoms with Crippen molar-refractivity contribution >= 4 is 23.5 Å². The summed E-state index contributed by atoms with van der Waals surface area (Å²) in [5.41, 5.74) is 1.71. The van der Waals surface area contributed by atoms with Crippen molar-refractivity contribution in [2.75, 3.05) is 6.54 Å². The van der Waals surface area contributed by atoms with Gasteiger partial charge in [0.05, 0.1) is 6.04 Å². The normalized spacial score (nSPS) is 21.8. The van der Waals surface area contributed by atoms with Crippen molar-refractivity contribution in [1.29, 1.82) is 0 Å². The average Bonchev–Trinajstić information content (AvgIpc) is 3.14. The Labute approximate surface area is 251 Å². The first-order valence-electron chi connectivity index (χ1n) is 13.2. The monoisotopic (exact) mass is 543 g/mol. The van der Waals surface area contributed by atoms with E-state index in [4.69, 9.17) is 4.99 Å². The fraction of sp³-hybridized carbons (Fsp3) is 0.467. The largest absolute Gasteiger partial charge is 1.00 e. The Morgan fingerprint density at radius 2 is 1.69 bits per heavy atom. The van der Waals surface area contributed by atoms with Crippen molar-refractivity contribution in [3.05, 3.63) is 71.0 Å². The zero-order chi connectivity index (χ0) is 27.7. The maximum absolute atomic E-state index is 13.9. The van der Waals surface area contributed by atoms with Crippen LogP contribution in [0, 0.1) is 17.2 Å². The number of carboxylic acids is 1. The molecule has 0 unspecified atom stereocenters. The third-order valence-electron chi connectivity index (χ3n) is 7.98. The van der Waals surface area contributed by atoms with E-state index >= 15 is 0 Å². The molecule has 202 valence electrons. The topological polar surface area (TPSA) is 102 Å². The summed E-state index contributed by atoms with van der Waals surface area (Å²) in [6, 6.07) is 12.5. The van der Waals surface area contributed by atoms with Crippen molar-refractivity contribution < 1.29 is 53.4 Å². The minimum absolute atomic E-state index is 0. The summed E-state index contributed by atoms with van der Waals surface area (Å²) >= 11 is 0. The number of benzene rings is 2. The van der Waals surface area contributed by atoms with Crippen LogP contribution in [0.3, 0.4) is 0 Å². The van der Waals surface area contributed by atoms with Gasteiger partial charge in [0.25, 0.3) is 11.8 Å². The minimum atomic E-state index is -1.22. The maximum atomic E-state index is 13.9. The van der Waals surface area contributed by atoms with Gasteiger partial charge in [-0.25, -0.2) is 4.39 Å². The van der Waals surface area contributed by atoms with Crippen LogP contribution in [0.4, 0.5) is 4.39 Å². The van der Waals surface area contributed by atoms with Crippen molar-refractivity contribution in [3.8, 4) is 0 Å². The second-order valence-electron chi connectivity index (χ2n) is 11.4. The van der Waals surface area contributed by atoms with Gasteiger partial charge in [0.2, 0.25) is 0 Å². The van der Waals surface area contributed by atoms with E-state index in [1.165, 1.54) is 12.1 Å². The van der Waals surface area contributed by atoms with Crippen molar-refractivity contribution in [1.82, 2.24) is 10.2 Å². The molecule has 2 aromatic rings. The van der Waals surface area contributed by atoms with E-state index in [1.54, 1.807) is 24.3 Å². The van der Waals surface area contributed by atoms with Crippen LogP contribution in [0.5, 0.6) is 0 Å². The van der Waals surface area contributed by atoms with Crippen molar-refractivity contribution in [3.63, 3.8) is 0 Å². The number of halogens is 1. The Kier molecular flexibility index (Phi) is 9.78. The molecule has 39 heavy (non-hydrogen) atoms. The molecule has 1 spiro atoms. The molecule has 0 radical (unpaired) electrons. The number of aliphatic carboxylic acids is 1. The van der Waals surface area contributed by atoms with Gasteiger partial charge in [0.15, 0.2) is 0 Å². The van der Waals surface area contributed by atoms with Gasteiger partial charge < -0.3 is 20.1 Å². The summed E-state index contributed by atoms with van der Waals surface area (Å²) in [7, 11) is 0. The number of hydrogen-bond acceptors (Lipinski definition) is 5. The van der Waals surface area contributed by atoms with E-state index in [1.807, 2.05) is 24.0 Å². The van der Waals surface area contributed by atoms with Gasteiger partial charge in [-0.15, -0.1) is 0 Å². The summed E-state index contributed by atoms with van der Waals surface area (Å²) < 4.78 is 13.6. The first-order chi connectivity index (χ1) is 17.9. The molecule has 1 aliphatic heterocycles. The van der Waals surface area contributed by atoms with E-state index in [2.05, 4.69) is 26.1 Å². The van der Waals surface area contributed by atoms with Gasteiger partial charge in [0, 0.05) is 30.1 Å². The Morgan fingerprint density at radius 3 is 2.23 bits per heavy atom. The van der Waals surface area contributed by atoms with Gasteiger partial charge in [-0.2, -0.15) is 0 Å². The number of nitrogens with zero attached hydrogens (tertiary/aromatic N) is 2. The van der Waals surface area contributed by atoms with Gasteiger partial charge in [-0.1, -0.05) is 32.9 Å². The predicted molar refractivity (Wildman–Crippen MR) is 141 cm³/mol. The molecule has 1 aliphatic carbocycles. The number of carbonyl (C=O) groups is 3. The van der Waals surface area contributed by atoms with Crippen molar-refractivity contribution in [2.45, 2.75) is 71.5 Å². The molecule has 2 aliphatic rings. The fourth-order valence-electron chi connectivity index (χ4n) is 5.69. The molecule has 7 nitrogen and oxygen atoms in total. The SMILES string of the molecule is C[C@H](c1ccc(C(=O)NCCC(=O)[O-])cc1)N1C(=O)C(c2ccc(F)cc2)=NC12CCC(C(C)(C)C)CC2.[Na+]. The van der Waals surface area contributed by atoms with Crippen LogP contribution in [0.25, 0.3) is 0 Å². The molecule has 9 heteroatoms. The number of hydrogen-bond donors (Lipinski definition) is 1. The van der Waals surface area contributed by atoms with Crippen LogP contribution in [0.15, 0.2) is 53.5 Å². The summed E-state index contributed by atoms with van der Waals surface area (Å²) in [5.74, 6) is -1.62. The van der Waals surface area contributed by atoms with Crippen molar-refractivity contribution in [2.24, 2.45) is 16.3 Å². The first-order valence-corrected chi connectivity index (χ1v) is 13.2. The van der Waals surface area contributed by atoms with E-state index in [9.17, 15) is 23.9 Å². The number of amides is 2. The van der Waals surface area contributed by atoms with Crippen LogP contribution in [-0.4, -0.2) is 40.6 Å². The summed E-state index contributed by atoms with van der Waals surface area (Å²) in [5, 5.41) is 13.2. The Balaban J connectivity index is 0.00000420. The van der Waals surface area contributed by atoms with E-state index in [0.717, 1.165) is 31.2 Å². The predicted octanol–water partition coefficient (Wildman–Crippen LogP) is 1.02. The third kappa shape index (κ3) is 6.79. The molecule has 2 amide bonds. The summed E-state index contributed by atoms with van der Waals surface area (Å²) in [4.78, 5) is 43.8. The minimum Gasteiger partial charge on any atom is -0.550 e. The second kappa shape index (κ2) is 12.3. The van der Waals surface area contributed by atoms with Gasteiger partial charge >= 0.3 is 29.6 Å². The summed E-state index contributed by atoms with van der Waals surface area (Å²) in [6.45, 7) is 8.70. The summed E-state index contributed by atoms with van der Waals surface area (Å²) in [6.07, 6.45) is 3.13. The van der Waals surface area contributed by atoms with Crippen LogP contribution in [0.2, 0.25) is 0 Å². The number of nitrogens with one attached hydrogen (secondary N) is 1. The Morgan fingerprint density at radius 1 is 1.10 bits per heavy atom. The molecular weight excluding hydrogens is 508 g/mol. The van der Waals surface area contributed by atoms with E-state index in [0.29, 0.717) is 22.8 Å². The number of carbonyl (C=O) groups excluding carboxylic acids is 3. The molecule has 0 bridgehead atoms.